The molecule has 0 aliphatic carbocycles. The highest BCUT2D eigenvalue weighted by atomic mass is 19.1. The van der Waals surface area contributed by atoms with E-state index in [9.17, 15) is 14.5 Å². The van der Waals surface area contributed by atoms with E-state index in [-0.39, 0.29) is 18.3 Å². The molecule has 18 heavy (non-hydrogen) atoms. The molecule has 5 nitrogen and oxygen atoms in total. The molecule has 6 heteroatoms. The molecule has 0 saturated heterocycles. The van der Waals surface area contributed by atoms with Gasteiger partial charge in [0.15, 0.2) is 0 Å². The van der Waals surface area contributed by atoms with Crippen LogP contribution in [0.4, 0.5) is 10.1 Å². The molecule has 1 aromatic carbocycles. The lowest BCUT2D eigenvalue weighted by Crippen LogP contribution is -2.33. The van der Waals surface area contributed by atoms with Gasteiger partial charge in [0.1, 0.15) is 5.82 Å². The molecule has 0 spiro atoms. The molecule has 1 rings (SSSR count). The van der Waals surface area contributed by atoms with Crippen LogP contribution in [0.2, 0.25) is 0 Å². The van der Waals surface area contributed by atoms with E-state index in [1.807, 2.05) is 18.7 Å². The summed E-state index contributed by atoms with van der Waals surface area (Å²) in [5, 5.41) is 19.4. The van der Waals surface area contributed by atoms with E-state index in [1.165, 1.54) is 12.1 Å². The third-order valence-corrected chi connectivity index (χ3v) is 2.74. The Hall–Kier alpha value is -1.53. The Morgan fingerprint density at radius 2 is 2.17 bits per heavy atom. The topological polar surface area (TPSA) is 66.6 Å². The van der Waals surface area contributed by atoms with Crippen LogP contribution >= 0.6 is 0 Å². The summed E-state index contributed by atoms with van der Waals surface area (Å²) in [7, 11) is 0. The normalized spacial score (nSPS) is 11.2. The van der Waals surface area contributed by atoms with Crippen LogP contribution in [0.25, 0.3) is 0 Å². The van der Waals surface area contributed by atoms with Gasteiger partial charge in [-0.3, -0.25) is 15.0 Å². The maximum atomic E-state index is 13.7. The molecule has 0 radical (unpaired) electrons. The fraction of sp³-hybridized carbons (Fsp3) is 0.500. The van der Waals surface area contributed by atoms with E-state index < -0.39 is 10.7 Å². The molecule has 0 unspecified atom stereocenters. The summed E-state index contributed by atoms with van der Waals surface area (Å²) >= 11 is 0. The minimum Gasteiger partial charge on any atom is -0.395 e. The summed E-state index contributed by atoms with van der Waals surface area (Å²) < 4.78 is 13.7. The van der Waals surface area contributed by atoms with Gasteiger partial charge in [0.2, 0.25) is 0 Å². The fourth-order valence-corrected chi connectivity index (χ4v) is 1.65. The Morgan fingerprint density at radius 1 is 1.50 bits per heavy atom. The number of hydrogen-bond donors (Lipinski definition) is 1. The monoisotopic (exact) mass is 256 g/mol. The molecule has 0 saturated carbocycles. The second kappa shape index (κ2) is 6.42. The summed E-state index contributed by atoms with van der Waals surface area (Å²) in [4.78, 5) is 11.8. The minimum absolute atomic E-state index is 0.00716. The SMILES string of the molecule is CC(C)N(CCO)Cc1ccc([N+](=O)[O-])cc1F. The van der Waals surface area contributed by atoms with E-state index in [2.05, 4.69) is 0 Å². The zero-order chi connectivity index (χ0) is 13.7. The molecular formula is C12H17FN2O3. The molecule has 0 heterocycles. The van der Waals surface area contributed by atoms with Gasteiger partial charge in [0.05, 0.1) is 17.6 Å². The van der Waals surface area contributed by atoms with Crippen LogP contribution in [0, 0.1) is 15.9 Å². The number of hydrogen-bond acceptors (Lipinski definition) is 4. The summed E-state index contributed by atoms with van der Waals surface area (Å²) in [6.07, 6.45) is 0. The molecule has 0 aliphatic rings. The minimum atomic E-state index is -0.624. The van der Waals surface area contributed by atoms with Crippen LogP contribution in [-0.4, -0.2) is 34.1 Å². The number of aliphatic hydroxyl groups is 1. The fourth-order valence-electron chi connectivity index (χ4n) is 1.65. The first-order chi connectivity index (χ1) is 8.45. The predicted molar refractivity (Wildman–Crippen MR) is 65.7 cm³/mol. The van der Waals surface area contributed by atoms with Crippen molar-refractivity contribution in [2.45, 2.75) is 26.4 Å². The number of nitro benzene ring substituents is 1. The van der Waals surface area contributed by atoms with Crippen molar-refractivity contribution in [3.05, 3.63) is 39.7 Å². The molecule has 0 fully saturated rings. The smallest absolute Gasteiger partial charge is 0.272 e. The summed E-state index contributed by atoms with van der Waals surface area (Å²) in [5.41, 5.74) is 0.136. The number of nitro groups is 1. The van der Waals surface area contributed by atoms with Crippen molar-refractivity contribution >= 4 is 5.69 Å². The van der Waals surface area contributed by atoms with Gasteiger partial charge in [0, 0.05) is 30.8 Å². The molecular weight excluding hydrogens is 239 g/mol. The number of nitrogens with zero attached hydrogens (tertiary/aromatic N) is 2. The molecule has 0 atom stereocenters. The van der Waals surface area contributed by atoms with Gasteiger partial charge < -0.3 is 5.11 Å². The number of aliphatic hydroxyl groups excluding tert-OH is 1. The van der Waals surface area contributed by atoms with Gasteiger partial charge in [-0.05, 0) is 19.9 Å². The number of benzene rings is 1. The highest BCUT2D eigenvalue weighted by Crippen LogP contribution is 2.18. The van der Waals surface area contributed by atoms with Crippen LogP contribution in [0.5, 0.6) is 0 Å². The van der Waals surface area contributed by atoms with Crippen molar-refractivity contribution in [1.29, 1.82) is 0 Å². The van der Waals surface area contributed by atoms with Gasteiger partial charge in [-0.15, -0.1) is 0 Å². The van der Waals surface area contributed by atoms with Crippen LogP contribution in [0.1, 0.15) is 19.4 Å². The molecule has 0 aliphatic heterocycles. The Kier molecular flexibility index (Phi) is 5.18. The third kappa shape index (κ3) is 3.75. The van der Waals surface area contributed by atoms with E-state index in [1.54, 1.807) is 0 Å². The highest BCUT2D eigenvalue weighted by molar-refractivity contribution is 5.34. The van der Waals surface area contributed by atoms with Crippen molar-refractivity contribution < 1.29 is 14.4 Å². The molecule has 100 valence electrons. The molecule has 0 bridgehead atoms. The third-order valence-electron chi connectivity index (χ3n) is 2.74. The second-order valence-corrected chi connectivity index (χ2v) is 4.32. The van der Waals surface area contributed by atoms with Crippen LogP contribution in [0.15, 0.2) is 18.2 Å². The summed E-state index contributed by atoms with van der Waals surface area (Å²) in [5.74, 6) is -0.590. The maximum Gasteiger partial charge on any atom is 0.272 e. The van der Waals surface area contributed by atoms with Crippen molar-refractivity contribution in [3.8, 4) is 0 Å². The average molecular weight is 256 g/mol. The van der Waals surface area contributed by atoms with Crippen molar-refractivity contribution in [2.24, 2.45) is 0 Å². The highest BCUT2D eigenvalue weighted by Gasteiger charge is 2.15. The van der Waals surface area contributed by atoms with Crippen LogP contribution in [0.3, 0.4) is 0 Å². The van der Waals surface area contributed by atoms with E-state index in [4.69, 9.17) is 5.11 Å². The van der Waals surface area contributed by atoms with Crippen molar-refractivity contribution in [1.82, 2.24) is 4.90 Å². The predicted octanol–water partition coefficient (Wildman–Crippen LogP) is 1.94. The lowest BCUT2D eigenvalue weighted by molar-refractivity contribution is -0.385. The largest absolute Gasteiger partial charge is 0.395 e. The first kappa shape index (κ1) is 14.5. The van der Waals surface area contributed by atoms with E-state index in [0.717, 1.165) is 6.07 Å². The second-order valence-electron chi connectivity index (χ2n) is 4.32. The van der Waals surface area contributed by atoms with Gasteiger partial charge in [-0.1, -0.05) is 0 Å². The van der Waals surface area contributed by atoms with Gasteiger partial charge >= 0.3 is 0 Å². The Labute approximate surface area is 105 Å². The zero-order valence-electron chi connectivity index (χ0n) is 10.5. The van der Waals surface area contributed by atoms with Gasteiger partial charge in [0.25, 0.3) is 5.69 Å². The molecule has 1 aromatic rings. The average Bonchev–Trinajstić information content (AvgIpc) is 2.30. The number of rotatable bonds is 6. The Balaban J connectivity index is 2.86. The standard InChI is InChI=1S/C12H17FN2O3/c1-9(2)14(5-6-16)8-10-3-4-11(15(17)18)7-12(10)13/h3-4,7,9,16H,5-6,8H2,1-2H3. The van der Waals surface area contributed by atoms with Gasteiger partial charge in [-0.25, -0.2) is 4.39 Å². The number of halogens is 1. The lowest BCUT2D eigenvalue weighted by Gasteiger charge is -2.25. The van der Waals surface area contributed by atoms with Crippen LogP contribution in [-0.2, 0) is 6.54 Å². The molecule has 0 aromatic heterocycles. The summed E-state index contributed by atoms with van der Waals surface area (Å²) in [6, 6.07) is 3.79. The van der Waals surface area contributed by atoms with Crippen molar-refractivity contribution in [2.75, 3.05) is 13.2 Å². The Morgan fingerprint density at radius 3 is 2.61 bits per heavy atom. The zero-order valence-corrected chi connectivity index (χ0v) is 10.5. The molecule has 1 N–H and O–H groups in total. The van der Waals surface area contributed by atoms with Crippen molar-refractivity contribution in [3.63, 3.8) is 0 Å². The van der Waals surface area contributed by atoms with E-state index in [0.29, 0.717) is 18.7 Å². The first-order valence-corrected chi connectivity index (χ1v) is 5.73. The maximum absolute atomic E-state index is 13.7. The van der Waals surface area contributed by atoms with Crippen LogP contribution < -0.4 is 0 Å². The first-order valence-electron chi connectivity index (χ1n) is 5.73. The quantitative estimate of drug-likeness (QED) is 0.624. The summed E-state index contributed by atoms with van der Waals surface area (Å²) in [6.45, 7) is 4.64. The van der Waals surface area contributed by atoms with Gasteiger partial charge in [-0.2, -0.15) is 0 Å². The number of non-ortho nitro benzene ring substituents is 1. The lowest BCUT2D eigenvalue weighted by atomic mass is 10.1. The Bertz CT molecular complexity index is 424. The van der Waals surface area contributed by atoms with E-state index >= 15 is 0 Å². The molecule has 0 amide bonds.